The zero-order chi connectivity index (χ0) is 21.3. The van der Waals surface area contributed by atoms with Gasteiger partial charge in [-0.25, -0.2) is 4.98 Å². The van der Waals surface area contributed by atoms with E-state index in [2.05, 4.69) is 10.3 Å². The van der Waals surface area contributed by atoms with E-state index in [9.17, 15) is 9.59 Å². The average Bonchev–Trinajstić information content (AvgIpc) is 3.18. The van der Waals surface area contributed by atoms with Gasteiger partial charge in [0.25, 0.3) is 5.56 Å². The first-order chi connectivity index (χ1) is 14.4. The highest BCUT2D eigenvalue weighted by Crippen LogP contribution is 2.26. The van der Waals surface area contributed by atoms with Crippen molar-refractivity contribution in [3.63, 3.8) is 0 Å². The van der Waals surface area contributed by atoms with Crippen molar-refractivity contribution in [3.05, 3.63) is 81.0 Å². The number of rotatable bonds is 5. The van der Waals surface area contributed by atoms with Crippen LogP contribution in [0.5, 0.6) is 0 Å². The van der Waals surface area contributed by atoms with E-state index in [1.54, 1.807) is 4.57 Å². The number of nitrogens with one attached hydrogen (secondary N) is 1. The van der Waals surface area contributed by atoms with Gasteiger partial charge in [0.1, 0.15) is 4.70 Å². The lowest BCUT2D eigenvalue weighted by Gasteiger charge is -2.15. The van der Waals surface area contributed by atoms with Gasteiger partial charge in [0.2, 0.25) is 5.91 Å². The van der Waals surface area contributed by atoms with Gasteiger partial charge >= 0.3 is 0 Å². The number of thioether (sulfide) groups is 1. The maximum absolute atomic E-state index is 13.2. The Morgan fingerprint density at radius 2 is 1.90 bits per heavy atom. The van der Waals surface area contributed by atoms with Crippen molar-refractivity contribution < 1.29 is 4.79 Å². The number of hydrogen-bond donors (Lipinski definition) is 1. The van der Waals surface area contributed by atoms with Gasteiger partial charge in [0, 0.05) is 5.69 Å². The molecule has 2 aromatic carbocycles. The number of aromatic nitrogens is 2. The zero-order valence-corrected chi connectivity index (χ0v) is 18.6. The molecule has 4 rings (SSSR count). The smallest absolute Gasteiger partial charge is 0.276 e. The van der Waals surface area contributed by atoms with Crippen LogP contribution in [0.2, 0.25) is 0 Å². The monoisotopic (exact) mass is 435 g/mol. The molecule has 2 heterocycles. The fourth-order valence-electron chi connectivity index (χ4n) is 3.29. The minimum Gasteiger partial charge on any atom is -0.325 e. The van der Waals surface area contributed by atoms with Crippen molar-refractivity contribution in [2.75, 3.05) is 11.1 Å². The van der Waals surface area contributed by atoms with E-state index in [0.29, 0.717) is 15.4 Å². The summed E-state index contributed by atoms with van der Waals surface area (Å²) in [5, 5.41) is 5.31. The van der Waals surface area contributed by atoms with Gasteiger partial charge in [0.15, 0.2) is 5.16 Å². The maximum atomic E-state index is 13.2. The largest absolute Gasteiger partial charge is 0.325 e. The summed E-state index contributed by atoms with van der Waals surface area (Å²) in [6, 6.07) is 15.4. The molecule has 0 saturated heterocycles. The summed E-state index contributed by atoms with van der Waals surface area (Å²) < 4.78 is 2.24. The number of aryl methyl sites for hydroxylation is 3. The summed E-state index contributed by atoms with van der Waals surface area (Å²) in [7, 11) is 0. The van der Waals surface area contributed by atoms with Gasteiger partial charge in [-0.05, 0) is 55.5 Å². The second-order valence-corrected chi connectivity index (χ2v) is 8.97. The average molecular weight is 436 g/mol. The van der Waals surface area contributed by atoms with Crippen molar-refractivity contribution in [3.8, 4) is 5.69 Å². The second-order valence-electron chi connectivity index (χ2n) is 7.11. The molecule has 0 bridgehead atoms. The Bertz CT molecular complexity index is 1310. The van der Waals surface area contributed by atoms with Crippen LogP contribution in [-0.4, -0.2) is 21.2 Å². The summed E-state index contributed by atoms with van der Waals surface area (Å²) in [5.74, 6) is 0.0163. The van der Waals surface area contributed by atoms with Crippen LogP contribution in [0.15, 0.2) is 63.9 Å². The molecule has 4 aromatic rings. The molecule has 0 aliphatic carbocycles. The molecule has 152 valence electrons. The molecule has 0 radical (unpaired) electrons. The highest BCUT2D eigenvalue weighted by molar-refractivity contribution is 7.99. The first-order valence-corrected chi connectivity index (χ1v) is 11.4. The Hall–Kier alpha value is -2.90. The summed E-state index contributed by atoms with van der Waals surface area (Å²) in [6.45, 7) is 5.95. The summed E-state index contributed by atoms with van der Waals surface area (Å²) in [6.07, 6.45) is 0. The fraction of sp³-hybridized carbons (Fsp3) is 0.174. The van der Waals surface area contributed by atoms with E-state index >= 15 is 0 Å². The van der Waals surface area contributed by atoms with Crippen molar-refractivity contribution in [2.45, 2.75) is 25.9 Å². The van der Waals surface area contributed by atoms with Crippen LogP contribution in [-0.2, 0) is 4.79 Å². The Labute approximate surface area is 182 Å². The molecular formula is C23H21N3O2S2. The van der Waals surface area contributed by atoms with Gasteiger partial charge < -0.3 is 5.32 Å². The topological polar surface area (TPSA) is 64.0 Å². The molecule has 7 heteroatoms. The van der Waals surface area contributed by atoms with Gasteiger partial charge in [-0.2, -0.15) is 0 Å². The number of benzene rings is 2. The highest BCUT2D eigenvalue weighted by Gasteiger charge is 2.17. The summed E-state index contributed by atoms with van der Waals surface area (Å²) in [4.78, 5) is 30.5. The third-order valence-corrected chi connectivity index (χ3v) is 6.62. The molecule has 1 amide bonds. The number of fused-ring (bicyclic) bond motifs is 1. The van der Waals surface area contributed by atoms with Crippen LogP contribution in [0.25, 0.3) is 15.9 Å². The molecule has 0 aliphatic heterocycles. The molecular weight excluding hydrogens is 414 g/mol. The van der Waals surface area contributed by atoms with Gasteiger partial charge in [-0.15, -0.1) is 11.3 Å². The van der Waals surface area contributed by atoms with Crippen molar-refractivity contribution in [2.24, 2.45) is 0 Å². The molecule has 0 fully saturated rings. The number of anilines is 1. The van der Waals surface area contributed by atoms with Gasteiger partial charge in [0.05, 0.1) is 17.0 Å². The van der Waals surface area contributed by atoms with Gasteiger partial charge in [-0.1, -0.05) is 47.7 Å². The molecule has 0 unspecified atom stereocenters. The van der Waals surface area contributed by atoms with E-state index in [4.69, 9.17) is 0 Å². The standard InChI is InChI=1S/C23H21N3O2S2/c1-14-8-9-19(16(3)12-14)26-22(28)21-18(10-11-29-21)25-23(26)30-13-20(27)24-17-7-5-4-6-15(17)2/h4-12H,13H2,1-3H3,(H,24,27). The van der Waals surface area contributed by atoms with Crippen molar-refractivity contribution >= 4 is 44.9 Å². The number of carbonyl (C=O) groups excluding carboxylic acids is 1. The molecule has 0 atom stereocenters. The molecule has 2 aromatic heterocycles. The summed E-state index contributed by atoms with van der Waals surface area (Å²) >= 11 is 2.65. The molecule has 5 nitrogen and oxygen atoms in total. The third-order valence-electron chi connectivity index (χ3n) is 4.79. The molecule has 0 saturated carbocycles. The predicted molar refractivity (Wildman–Crippen MR) is 125 cm³/mol. The van der Waals surface area contributed by atoms with Crippen LogP contribution < -0.4 is 10.9 Å². The second kappa shape index (κ2) is 8.45. The number of para-hydroxylation sites is 1. The summed E-state index contributed by atoms with van der Waals surface area (Å²) in [5.41, 5.74) is 5.24. The van der Waals surface area contributed by atoms with Gasteiger partial charge in [-0.3, -0.25) is 14.2 Å². The van der Waals surface area contributed by atoms with Crippen LogP contribution in [0.1, 0.15) is 16.7 Å². The Morgan fingerprint density at radius 1 is 1.10 bits per heavy atom. The molecule has 0 spiro atoms. The maximum Gasteiger partial charge on any atom is 0.276 e. The number of nitrogens with zero attached hydrogens (tertiary/aromatic N) is 2. The molecule has 30 heavy (non-hydrogen) atoms. The fourth-order valence-corrected chi connectivity index (χ4v) is 4.85. The SMILES string of the molecule is Cc1ccc(-n2c(SCC(=O)Nc3ccccc3C)nc3ccsc3c2=O)c(C)c1. The van der Waals surface area contributed by atoms with E-state index in [0.717, 1.165) is 28.1 Å². The zero-order valence-electron chi connectivity index (χ0n) is 16.9. The number of thiophene rings is 1. The number of amides is 1. The lowest BCUT2D eigenvalue weighted by molar-refractivity contribution is -0.113. The van der Waals surface area contributed by atoms with Crippen molar-refractivity contribution in [1.82, 2.24) is 9.55 Å². The lowest BCUT2D eigenvalue weighted by atomic mass is 10.1. The predicted octanol–water partition coefficient (Wildman–Crippen LogP) is 5.10. The Balaban J connectivity index is 1.69. The van der Waals surface area contributed by atoms with E-state index in [-0.39, 0.29) is 17.2 Å². The minimum absolute atomic E-state index is 0.108. The highest BCUT2D eigenvalue weighted by atomic mass is 32.2. The Kier molecular flexibility index (Phi) is 5.74. The van der Waals surface area contributed by atoms with E-state index in [1.807, 2.05) is 74.7 Å². The van der Waals surface area contributed by atoms with Crippen LogP contribution in [0.3, 0.4) is 0 Å². The molecule has 1 N–H and O–H groups in total. The Morgan fingerprint density at radius 3 is 2.67 bits per heavy atom. The third kappa shape index (κ3) is 4.04. The molecule has 0 aliphatic rings. The normalized spacial score (nSPS) is 11.0. The first kappa shape index (κ1) is 20.4. The minimum atomic E-state index is -0.138. The quantitative estimate of drug-likeness (QED) is 0.350. The van der Waals surface area contributed by atoms with Crippen LogP contribution in [0, 0.1) is 20.8 Å². The number of carbonyl (C=O) groups is 1. The van der Waals surface area contributed by atoms with Crippen molar-refractivity contribution in [1.29, 1.82) is 0 Å². The van der Waals surface area contributed by atoms with Crippen LogP contribution >= 0.6 is 23.1 Å². The van der Waals surface area contributed by atoms with E-state index < -0.39 is 0 Å². The van der Waals surface area contributed by atoms with Crippen LogP contribution in [0.4, 0.5) is 5.69 Å². The van der Waals surface area contributed by atoms with E-state index in [1.165, 1.54) is 23.1 Å². The lowest BCUT2D eigenvalue weighted by Crippen LogP contribution is -2.23. The first-order valence-electron chi connectivity index (χ1n) is 9.50. The number of hydrogen-bond acceptors (Lipinski definition) is 5.